The molecule has 1 rings (SSSR count). The molecule has 1 saturated carbocycles. The molecule has 0 unspecified atom stereocenters. The molecule has 0 aliphatic heterocycles. The van der Waals surface area contributed by atoms with E-state index < -0.39 is 13.8 Å². The van der Waals surface area contributed by atoms with Crippen molar-refractivity contribution in [1.82, 2.24) is 0 Å². The van der Waals surface area contributed by atoms with E-state index in [0.29, 0.717) is 12.8 Å². The van der Waals surface area contributed by atoms with Crippen molar-refractivity contribution in [2.45, 2.75) is 30.4 Å². The first kappa shape index (κ1) is 8.82. The summed E-state index contributed by atoms with van der Waals surface area (Å²) in [5, 5.41) is 8.64. The Balaban J connectivity index is 3.06. The number of rotatable bonds is 1. The molecule has 0 aromatic heterocycles. The van der Waals surface area contributed by atoms with Gasteiger partial charge in [0.25, 0.3) is 9.05 Å². The van der Waals surface area contributed by atoms with E-state index in [4.69, 9.17) is 15.9 Å². The number of hydrogen-bond donors (Lipinski definition) is 0. The van der Waals surface area contributed by atoms with Gasteiger partial charge in [-0.2, -0.15) is 5.26 Å². The average molecular weight is 194 g/mol. The van der Waals surface area contributed by atoms with Crippen LogP contribution >= 0.6 is 10.7 Å². The lowest BCUT2D eigenvalue weighted by Gasteiger charge is -2.14. The lowest BCUT2D eigenvalue weighted by atomic mass is 10.1. The highest BCUT2D eigenvalue weighted by atomic mass is 35.7. The first-order valence-electron chi connectivity index (χ1n) is 3.37. The minimum Gasteiger partial charge on any atom is -0.211 e. The molecular formula is C6H8ClNO2S. The van der Waals surface area contributed by atoms with E-state index in [1.54, 1.807) is 6.07 Å². The van der Waals surface area contributed by atoms with Crippen molar-refractivity contribution in [3.63, 3.8) is 0 Å². The molecule has 0 aromatic carbocycles. The average Bonchev–Trinajstić information content (AvgIpc) is 2.33. The van der Waals surface area contributed by atoms with Crippen LogP contribution in [0.25, 0.3) is 0 Å². The Bertz CT molecular complexity index is 284. The molecule has 5 heteroatoms. The van der Waals surface area contributed by atoms with E-state index in [-0.39, 0.29) is 0 Å². The molecule has 1 aliphatic carbocycles. The number of hydrogen-bond acceptors (Lipinski definition) is 3. The van der Waals surface area contributed by atoms with Crippen molar-refractivity contribution in [1.29, 1.82) is 5.26 Å². The van der Waals surface area contributed by atoms with E-state index in [1.165, 1.54) is 0 Å². The van der Waals surface area contributed by atoms with Crippen LogP contribution in [0.3, 0.4) is 0 Å². The fourth-order valence-corrected chi connectivity index (χ4v) is 2.81. The fourth-order valence-electron chi connectivity index (χ4n) is 1.36. The van der Waals surface area contributed by atoms with Crippen LogP contribution in [0.1, 0.15) is 25.7 Å². The first-order valence-corrected chi connectivity index (χ1v) is 5.68. The van der Waals surface area contributed by atoms with Crippen LogP contribution in [0.2, 0.25) is 0 Å². The van der Waals surface area contributed by atoms with Gasteiger partial charge < -0.3 is 0 Å². The zero-order chi connectivity index (χ0) is 8.54. The third kappa shape index (κ3) is 1.35. The van der Waals surface area contributed by atoms with Gasteiger partial charge in [0.05, 0.1) is 6.07 Å². The van der Waals surface area contributed by atoms with Gasteiger partial charge in [-0.25, -0.2) is 8.42 Å². The van der Waals surface area contributed by atoms with Gasteiger partial charge >= 0.3 is 0 Å². The summed E-state index contributed by atoms with van der Waals surface area (Å²) < 4.78 is 20.6. The molecule has 62 valence electrons. The molecule has 0 spiro atoms. The van der Waals surface area contributed by atoms with Crippen LogP contribution in [0.5, 0.6) is 0 Å². The first-order chi connectivity index (χ1) is 5.02. The SMILES string of the molecule is N#CC1(S(=O)(=O)Cl)CCCC1. The van der Waals surface area contributed by atoms with Gasteiger partial charge in [-0.1, -0.05) is 12.8 Å². The molecular weight excluding hydrogens is 186 g/mol. The zero-order valence-corrected chi connectivity index (χ0v) is 7.45. The summed E-state index contributed by atoms with van der Waals surface area (Å²) in [5.74, 6) is 0. The minimum atomic E-state index is -3.70. The van der Waals surface area contributed by atoms with E-state index in [2.05, 4.69) is 0 Å². The summed E-state index contributed by atoms with van der Waals surface area (Å²) in [6, 6.07) is 1.80. The normalized spacial score (nSPS) is 22.9. The Hall–Kier alpha value is -0.270. The molecule has 0 atom stereocenters. The van der Waals surface area contributed by atoms with E-state index in [0.717, 1.165) is 12.8 Å². The van der Waals surface area contributed by atoms with Crippen molar-refractivity contribution in [2.24, 2.45) is 0 Å². The largest absolute Gasteiger partial charge is 0.251 e. The van der Waals surface area contributed by atoms with Gasteiger partial charge in [0.15, 0.2) is 4.75 Å². The third-order valence-electron chi connectivity index (χ3n) is 2.08. The van der Waals surface area contributed by atoms with Crippen LogP contribution in [0.15, 0.2) is 0 Å². The quantitative estimate of drug-likeness (QED) is 0.592. The third-order valence-corrected chi connectivity index (χ3v) is 4.40. The van der Waals surface area contributed by atoms with Crippen LogP contribution in [0.4, 0.5) is 0 Å². The maximum atomic E-state index is 10.9. The van der Waals surface area contributed by atoms with E-state index in [1.807, 2.05) is 0 Å². The van der Waals surface area contributed by atoms with Crippen molar-refractivity contribution in [3.05, 3.63) is 0 Å². The van der Waals surface area contributed by atoms with Gasteiger partial charge in [-0.05, 0) is 12.8 Å². The molecule has 3 nitrogen and oxygen atoms in total. The molecule has 1 fully saturated rings. The predicted octanol–water partition coefficient (Wildman–Crippen LogP) is 1.39. The maximum absolute atomic E-state index is 10.9. The van der Waals surface area contributed by atoms with Crippen LogP contribution in [0, 0.1) is 11.3 Å². The van der Waals surface area contributed by atoms with Crippen molar-refractivity contribution < 1.29 is 8.42 Å². The molecule has 0 N–H and O–H groups in total. The van der Waals surface area contributed by atoms with Crippen molar-refractivity contribution in [3.8, 4) is 6.07 Å². The molecule has 0 aromatic rings. The highest BCUT2D eigenvalue weighted by Crippen LogP contribution is 2.38. The van der Waals surface area contributed by atoms with Crippen LogP contribution in [-0.2, 0) is 9.05 Å². The van der Waals surface area contributed by atoms with E-state index in [9.17, 15) is 8.42 Å². The summed E-state index contributed by atoms with van der Waals surface area (Å²) >= 11 is 0. The lowest BCUT2D eigenvalue weighted by molar-refractivity contribution is 0.573. The van der Waals surface area contributed by atoms with Gasteiger partial charge in [-0.3, -0.25) is 0 Å². The molecule has 0 saturated heterocycles. The van der Waals surface area contributed by atoms with Gasteiger partial charge in [0, 0.05) is 10.7 Å². The van der Waals surface area contributed by atoms with Gasteiger partial charge in [0.1, 0.15) is 0 Å². The summed E-state index contributed by atoms with van der Waals surface area (Å²) in [7, 11) is 1.44. The molecule has 0 amide bonds. The molecule has 0 bridgehead atoms. The van der Waals surface area contributed by atoms with Crippen molar-refractivity contribution >= 4 is 19.7 Å². The number of nitrogens with zero attached hydrogens (tertiary/aromatic N) is 1. The Kier molecular flexibility index (Phi) is 2.13. The molecule has 11 heavy (non-hydrogen) atoms. The second-order valence-electron chi connectivity index (χ2n) is 2.75. The maximum Gasteiger partial charge on any atom is 0.251 e. The summed E-state index contributed by atoms with van der Waals surface area (Å²) in [4.78, 5) is 0. The second-order valence-corrected chi connectivity index (χ2v) is 5.63. The Morgan fingerprint density at radius 2 is 1.82 bits per heavy atom. The Labute approximate surface area is 70.4 Å². The second kappa shape index (κ2) is 2.65. The highest BCUT2D eigenvalue weighted by Gasteiger charge is 2.45. The Morgan fingerprint density at radius 1 is 1.36 bits per heavy atom. The minimum absolute atomic E-state index is 0.384. The monoisotopic (exact) mass is 193 g/mol. The Morgan fingerprint density at radius 3 is 2.00 bits per heavy atom. The van der Waals surface area contributed by atoms with Gasteiger partial charge in [0.2, 0.25) is 0 Å². The molecule has 0 heterocycles. The smallest absolute Gasteiger partial charge is 0.211 e. The summed E-state index contributed by atoms with van der Waals surface area (Å²) in [5.41, 5.74) is 0. The lowest BCUT2D eigenvalue weighted by Crippen LogP contribution is -2.29. The highest BCUT2D eigenvalue weighted by molar-refractivity contribution is 8.15. The van der Waals surface area contributed by atoms with E-state index >= 15 is 0 Å². The molecule has 1 aliphatic rings. The topological polar surface area (TPSA) is 57.9 Å². The predicted molar refractivity (Wildman–Crippen MR) is 41.6 cm³/mol. The number of nitriles is 1. The zero-order valence-electron chi connectivity index (χ0n) is 5.88. The summed E-state index contributed by atoms with van der Waals surface area (Å²) in [6.07, 6.45) is 2.32. The number of halogens is 1. The van der Waals surface area contributed by atoms with Crippen LogP contribution in [-0.4, -0.2) is 13.2 Å². The van der Waals surface area contributed by atoms with Crippen molar-refractivity contribution in [2.75, 3.05) is 0 Å². The van der Waals surface area contributed by atoms with Crippen LogP contribution < -0.4 is 0 Å². The summed E-state index contributed by atoms with van der Waals surface area (Å²) in [6.45, 7) is 0. The molecule has 0 radical (unpaired) electrons. The fraction of sp³-hybridized carbons (Fsp3) is 0.833. The van der Waals surface area contributed by atoms with Gasteiger partial charge in [-0.15, -0.1) is 0 Å². The standard InChI is InChI=1S/C6H8ClNO2S/c7-11(9,10)6(5-8)3-1-2-4-6/h1-4H2.